The fourth-order valence-electron chi connectivity index (χ4n) is 2.16. The first-order valence-corrected chi connectivity index (χ1v) is 6.01. The largest absolute Gasteiger partial charge is 0.465 e. The molecule has 0 aromatic heterocycles. The number of carbonyl (C=O) groups excluding carboxylic acids is 1. The van der Waals surface area contributed by atoms with Gasteiger partial charge in [0, 0.05) is 0 Å². The number of hydrogen-bond donors (Lipinski definition) is 1. The van der Waals surface area contributed by atoms with Crippen LogP contribution in [0.3, 0.4) is 0 Å². The van der Waals surface area contributed by atoms with Crippen LogP contribution in [0, 0.1) is 17.8 Å². The van der Waals surface area contributed by atoms with Crippen LogP contribution >= 0.6 is 0 Å². The van der Waals surface area contributed by atoms with E-state index in [9.17, 15) is 4.79 Å². The fraction of sp³-hybridized carbons (Fsp3) is 0.917. The van der Waals surface area contributed by atoms with Gasteiger partial charge in [-0.2, -0.15) is 0 Å². The molecule has 1 saturated carbocycles. The van der Waals surface area contributed by atoms with E-state index in [1.807, 2.05) is 0 Å². The van der Waals surface area contributed by atoms with Crippen molar-refractivity contribution in [1.82, 2.24) is 0 Å². The van der Waals surface area contributed by atoms with Crippen molar-refractivity contribution in [3.05, 3.63) is 0 Å². The molecule has 1 aliphatic rings. The molecule has 0 saturated heterocycles. The monoisotopic (exact) mass is 213 g/mol. The van der Waals surface area contributed by atoms with Gasteiger partial charge >= 0.3 is 5.97 Å². The molecular formula is C12H23NO2. The topological polar surface area (TPSA) is 52.3 Å². The summed E-state index contributed by atoms with van der Waals surface area (Å²) in [5, 5.41) is 0. The second-order valence-corrected chi connectivity index (χ2v) is 4.91. The van der Waals surface area contributed by atoms with Crippen molar-refractivity contribution in [2.75, 3.05) is 13.2 Å². The van der Waals surface area contributed by atoms with Gasteiger partial charge in [-0.1, -0.05) is 26.7 Å². The summed E-state index contributed by atoms with van der Waals surface area (Å²) in [6.07, 6.45) is 4.38. The minimum Gasteiger partial charge on any atom is -0.465 e. The van der Waals surface area contributed by atoms with Crippen LogP contribution in [0.4, 0.5) is 0 Å². The van der Waals surface area contributed by atoms with Crippen LogP contribution in [-0.2, 0) is 9.53 Å². The van der Waals surface area contributed by atoms with Crippen LogP contribution in [-0.4, -0.2) is 19.1 Å². The van der Waals surface area contributed by atoms with Gasteiger partial charge in [-0.15, -0.1) is 0 Å². The Morgan fingerprint density at radius 1 is 1.40 bits per heavy atom. The number of hydrogen-bond acceptors (Lipinski definition) is 3. The van der Waals surface area contributed by atoms with Gasteiger partial charge in [0.15, 0.2) is 0 Å². The molecule has 15 heavy (non-hydrogen) atoms. The van der Waals surface area contributed by atoms with E-state index in [1.54, 1.807) is 0 Å². The molecule has 2 N–H and O–H groups in total. The van der Waals surface area contributed by atoms with Crippen LogP contribution in [0.15, 0.2) is 0 Å². The first-order chi connectivity index (χ1) is 7.15. The third-order valence-electron chi connectivity index (χ3n) is 3.07. The summed E-state index contributed by atoms with van der Waals surface area (Å²) in [6.45, 7) is 5.25. The molecule has 1 fully saturated rings. The van der Waals surface area contributed by atoms with Crippen molar-refractivity contribution in [2.24, 2.45) is 23.5 Å². The van der Waals surface area contributed by atoms with Crippen LogP contribution in [0.5, 0.6) is 0 Å². The molecule has 0 aromatic carbocycles. The molecular weight excluding hydrogens is 190 g/mol. The minimum absolute atomic E-state index is 0.0288. The molecule has 88 valence electrons. The van der Waals surface area contributed by atoms with Gasteiger partial charge < -0.3 is 10.5 Å². The predicted octanol–water partition coefficient (Wildman–Crippen LogP) is 1.95. The number of ether oxygens (including phenoxy) is 1. The number of esters is 1. The predicted molar refractivity (Wildman–Crippen MR) is 60.3 cm³/mol. The van der Waals surface area contributed by atoms with Crippen molar-refractivity contribution in [3.63, 3.8) is 0 Å². The average Bonchev–Trinajstić information content (AvgIpc) is 2.25. The molecule has 3 heteroatoms. The highest BCUT2D eigenvalue weighted by Crippen LogP contribution is 2.30. The standard InChI is InChI=1S/C12H23NO2/c1-9(2)8-15-12(14)11-6-4-3-5-10(11)7-13/h9-11H,3-8,13H2,1-2H3. The zero-order valence-electron chi connectivity index (χ0n) is 9.87. The molecule has 0 aliphatic heterocycles. The highest BCUT2D eigenvalue weighted by atomic mass is 16.5. The quantitative estimate of drug-likeness (QED) is 0.726. The van der Waals surface area contributed by atoms with Crippen LogP contribution in [0.2, 0.25) is 0 Å². The van der Waals surface area contributed by atoms with Gasteiger partial charge in [-0.25, -0.2) is 0 Å². The second-order valence-electron chi connectivity index (χ2n) is 4.91. The van der Waals surface area contributed by atoms with Crippen LogP contribution in [0.25, 0.3) is 0 Å². The summed E-state index contributed by atoms with van der Waals surface area (Å²) in [7, 11) is 0. The molecule has 2 unspecified atom stereocenters. The highest BCUT2D eigenvalue weighted by Gasteiger charge is 2.31. The maximum absolute atomic E-state index is 11.8. The smallest absolute Gasteiger partial charge is 0.309 e. The van der Waals surface area contributed by atoms with Crippen LogP contribution < -0.4 is 5.73 Å². The van der Waals surface area contributed by atoms with E-state index in [1.165, 1.54) is 6.42 Å². The van der Waals surface area contributed by atoms with Crippen LogP contribution in [0.1, 0.15) is 39.5 Å². The van der Waals surface area contributed by atoms with Crippen molar-refractivity contribution >= 4 is 5.97 Å². The third kappa shape index (κ3) is 3.82. The van der Waals surface area contributed by atoms with E-state index in [-0.39, 0.29) is 11.9 Å². The molecule has 0 amide bonds. The molecule has 0 aromatic rings. The van der Waals surface area contributed by atoms with Gasteiger partial charge in [-0.05, 0) is 31.2 Å². The Hall–Kier alpha value is -0.570. The summed E-state index contributed by atoms with van der Waals surface area (Å²) in [5.74, 6) is 0.786. The van der Waals surface area contributed by atoms with E-state index in [0.29, 0.717) is 25.0 Å². The maximum atomic E-state index is 11.8. The Kier molecular flexibility index (Phi) is 5.09. The lowest BCUT2D eigenvalue weighted by atomic mass is 9.79. The average molecular weight is 213 g/mol. The van der Waals surface area contributed by atoms with Gasteiger partial charge in [0.2, 0.25) is 0 Å². The SMILES string of the molecule is CC(C)COC(=O)C1CCCCC1CN. The first-order valence-electron chi connectivity index (χ1n) is 6.01. The minimum atomic E-state index is -0.0288. The molecule has 0 radical (unpaired) electrons. The number of rotatable bonds is 4. The van der Waals surface area contributed by atoms with Gasteiger partial charge in [-0.3, -0.25) is 4.79 Å². The molecule has 0 bridgehead atoms. The highest BCUT2D eigenvalue weighted by molar-refractivity contribution is 5.72. The number of nitrogens with two attached hydrogens (primary N) is 1. The molecule has 1 rings (SSSR count). The van der Waals surface area contributed by atoms with Gasteiger partial charge in [0.1, 0.15) is 0 Å². The molecule has 1 aliphatic carbocycles. The lowest BCUT2D eigenvalue weighted by molar-refractivity contribution is -0.152. The van der Waals surface area contributed by atoms with E-state index in [4.69, 9.17) is 10.5 Å². The molecule has 0 heterocycles. The van der Waals surface area contributed by atoms with E-state index in [2.05, 4.69) is 13.8 Å². The Morgan fingerprint density at radius 2 is 2.07 bits per heavy atom. The molecule has 2 atom stereocenters. The summed E-state index contributed by atoms with van der Waals surface area (Å²) in [5.41, 5.74) is 5.68. The second kappa shape index (κ2) is 6.11. The van der Waals surface area contributed by atoms with Crippen molar-refractivity contribution in [1.29, 1.82) is 0 Å². The normalized spacial score (nSPS) is 26.7. The zero-order chi connectivity index (χ0) is 11.3. The fourth-order valence-corrected chi connectivity index (χ4v) is 2.16. The van der Waals surface area contributed by atoms with Gasteiger partial charge in [0.05, 0.1) is 12.5 Å². The Balaban J connectivity index is 2.41. The van der Waals surface area contributed by atoms with Crippen molar-refractivity contribution in [3.8, 4) is 0 Å². The van der Waals surface area contributed by atoms with Crippen molar-refractivity contribution < 1.29 is 9.53 Å². The Morgan fingerprint density at radius 3 is 2.67 bits per heavy atom. The Labute approximate surface area is 92.4 Å². The lowest BCUT2D eigenvalue weighted by Gasteiger charge is -2.28. The molecule has 3 nitrogen and oxygen atoms in total. The first kappa shape index (κ1) is 12.5. The summed E-state index contributed by atoms with van der Waals surface area (Å²) >= 11 is 0. The Bertz CT molecular complexity index is 204. The van der Waals surface area contributed by atoms with Gasteiger partial charge in [0.25, 0.3) is 0 Å². The summed E-state index contributed by atoms with van der Waals surface area (Å²) in [6, 6.07) is 0. The maximum Gasteiger partial charge on any atom is 0.309 e. The van der Waals surface area contributed by atoms with E-state index in [0.717, 1.165) is 19.3 Å². The summed E-state index contributed by atoms with van der Waals surface area (Å²) < 4.78 is 5.28. The molecule has 0 spiro atoms. The summed E-state index contributed by atoms with van der Waals surface area (Å²) in [4.78, 5) is 11.8. The number of carbonyl (C=O) groups is 1. The van der Waals surface area contributed by atoms with Crippen molar-refractivity contribution in [2.45, 2.75) is 39.5 Å². The lowest BCUT2D eigenvalue weighted by Crippen LogP contribution is -2.33. The zero-order valence-corrected chi connectivity index (χ0v) is 9.87. The third-order valence-corrected chi connectivity index (χ3v) is 3.07. The van der Waals surface area contributed by atoms with E-state index < -0.39 is 0 Å². The van der Waals surface area contributed by atoms with E-state index >= 15 is 0 Å².